The molecule has 1 aromatic rings. The van der Waals surface area contributed by atoms with Gasteiger partial charge in [0.1, 0.15) is 0 Å². The van der Waals surface area contributed by atoms with Crippen molar-refractivity contribution in [2.75, 3.05) is 39.4 Å². The van der Waals surface area contributed by atoms with Crippen molar-refractivity contribution in [1.29, 1.82) is 0 Å². The fourth-order valence-electron chi connectivity index (χ4n) is 3.46. The van der Waals surface area contributed by atoms with Crippen molar-refractivity contribution in [3.8, 4) is 0 Å². The summed E-state index contributed by atoms with van der Waals surface area (Å²) in [4.78, 5) is 21.1. The molecule has 3 heterocycles. The van der Waals surface area contributed by atoms with Gasteiger partial charge in [0.15, 0.2) is 5.82 Å². The van der Waals surface area contributed by atoms with E-state index in [1.807, 2.05) is 11.8 Å². The molecule has 2 unspecified atom stereocenters. The molecule has 2 aliphatic heterocycles. The van der Waals surface area contributed by atoms with Crippen molar-refractivity contribution < 1.29 is 14.1 Å². The SMILES string of the molecule is Cc1noc(C(C)N2CCN(C(=O)C(N)C3CCOCC3)CC2)n1. The minimum atomic E-state index is -0.406. The number of piperazine rings is 1. The minimum Gasteiger partial charge on any atom is -0.381 e. The molecule has 0 aliphatic carbocycles. The second kappa shape index (κ2) is 7.58. The van der Waals surface area contributed by atoms with Crippen molar-refractivity contribution in [3.05, 3.63) is 11.7 Å². The van der Waals surface area contributed by atoms with Crippen molar-refractivity contribution in [3.63, 3.8) is 0 Å². The predicted octanol–water partition coefficient (Wildman–Crippen LogP) is 0.337. The van der Waals surface area contributed by atoms with Gasteiger partial charge in [0.05, 0.1) is 12.1 Å². The zero-order valence-corrected chi connectivity index (χ0v) is 14.5. The van der Waals surface area contributed by atoms with E-state index in [9.17, 15) is 4.79 Å². The van der Waals surface area contributed by atoms with Gasteiger partial charge in [-0.1, -0.05) is 5.16 Å². The van der Waals surface area contributed by atoms with Crippen LogP contribution < -0.4 is 5.73 Å². The van der Waals surface area contributed by atoms with Crippen LogP contribution in [0.4, 0.5) is 0 Å². The maximum absolute atomic E-state index is 12.6. The maximum atomic E-state index is 12.6. The molecule has 2 aliphatic rings. The van der Waals surface area contributed by atoms with Crippen molar-refractivity contribution >= 4 is 5.91 Å². The highest BCUT2D eigenvalue weighted by atomic mass is 16.5. The summed E-state index contributed by atoms with van der Waals surface area (Å²) in [6, 6.07) is -0.343. The first kappa shape index (κ1) is 17.3. The molecule has 2 N–H and O–H groups in total. The molecule has 1 aromatic heterocycles. The molecule has 8 heteroatoms. The standard InChI is InChI=1S/C16H27N5O3/c1-11(15-18-12(2)19-24-15)20-5-7-21(8-6-20)16(22)14(17)13-3-9-23-10-4-13/h11,13-14H,3-10,17H2,1-2H3. The molecule has 2 atom stereocenters. The Kier molecular flexibility index (Phi) is 5.47. The van der Waals surface area contributed by atoms with Gasteiger partial charge >= 0.3 is 0 Å². The Morgan fingerprint density at radius 3 is 2.50 bits per heavy atom. The Balaban J connectivity index is 1.51. The van der Waals surface area contributed by atoms with Gasteiger partial charge in [0, 0.05) is 39.4 Å². The number of nitrogens with zero attached hydrogens (tertiary/aromatic N) is 4. The van der Waals surface area contributed by atoms with Gasteiger partial charge in [-0.05, 0) is 32.6 Å². The highest BCUT2D eigenvalue weighted by Gasteiger charge is 2.33. The van der Waals surface area contributed by atoms with E-state index in [1.165, 1.54) is 0 Å². The Morgan fingerprint density at radius 2 is 1.92 bits per heavy atom. The Morgan fingerprint density at radius 1 is 1.25 bits per heavy atom. The van der Waals surface area contributed by atoms with Crippen molar-refractivity contribution in [2.45, 2.75) is 38.8 Å². The molecule has 3 rings (SSSR count). The number of amides is 1. The van der Waals surface area contributed by atoms with Gasteiger partial charge in [-0.2, -0.15) is 4.98 Å². The fourth-order valence-corrected chi connectivity index (χ4v) is 3.46. The number of carbonyl (C=O) groups excluding carboxylic acids is 1. The molecule has 1 amide bonds. The van der Waals surface area contributed by atoms with Crippen LogP contribution in [-0.2, 0) is 9.53 Å². The minimum absolute atomic E-state index is 0.0626. The van der Waals surface area contributed by atoms with Gasteiger partial charge < -0.3 is 19.9 Å². The number of rotatable bonds is 4. The number of nitrogens with two attached hydrogens (primary N) is 1. The average Bonchev–Trinajstić information content (AvgIpc) is 3.07. The topological polar surface area (TPSA) is 97.7 Å². The molecule has 0 radical (unpaired) electrons. The highest BCUT2D eigenvalue weighted by Crippen LogP contribution is 2.22. The third-order valence-electron chi connectivity index (χ3n) is 5.13. The maximum Gasteiger partial charge on any atom is 0.243 e. The van der Waals surface area contributed by atoms with E-state index < -0.39 is 6.04 Å². The number of aromatic nitrogens is 2. The predicted molar refractivity (Wildman–Crippen MR) is 87.1 cm³/mol. The largest absolute Gasteiger partial charge is 0.381 e. The third-order valence-corrected chi connectivity index (χ3v) is 5.13. The zero-order valence-electron chi connectivity index (χ0n) is 14.5. The van der Waals surface area contributed by atoms with Crippen molar-refractivity contribution in [2.24, 2.45) is 11.7 Å². The lowest BCUT2D eigenvalue weighted by Crippen LogP contribution is -2.55. The lowest BCUT2D eigenvalue weighted by atomic mass is 9.91. The first-order valence-electron chi connectivity index (χ1n) is 8.72. The van der Waals surface area contributed by atoms with Gasteiger partial charge in [-0.3, -0.25) is 9.69 Å². The number of ether oxygens (including phenoxy) is 1. The Hall–Kier alpha value is -1.51. The van der Waals surface area contributed by atoms with Gasteiger partial charge in [-0.25, -0.2) is 0 Å². The molecule has 24 heavy (non-hydrogen) atoms. The van der Waals surface area contributed by atoms with Crippen LogP contribution in [0.15, 0.2) is 4.52 Å². The van der Waals surface area contributed by atoms with E-state index in [-0.39, 0.29) is 17.9 Å². The van der Waals surface area contributed by atoms with Crippen LogP contribution in [0.3, 0.4) is 0 Å². The average molecular weight is 337 g/mol. The summed E-state index contributed by atoms with van der Waals surface area (Å²) in [7, 11) is 0. The quantitative estimate of drug-likeness (QED) is 0.846. The summed E-state index contributed by atoms with van der Waals surface area (Å²) in [5.74, 6) is 1.59. The van der Waals surface area contributed by atoms with Gasteiger partial charge in [0.25, 0.3) is 0 Å². The van der Waals surface area contributed by atoms with Crippen LogP contribution >= 0.6 is 0 Å². The monoisotopic (exact) mass is 337 g/mol. The molecular formula is C16H27N5O3. The molecule has 0 saturated carbocycles. The highest BCUT2D eigenvalue weighted by molar-refractivity contribution is 5.82. The lowest BCUT2D eigenvalue weighted by molar-refractivity contribution is -0.136. The lowest BCUT2D eigenvalue weighted by Gasteiger charge is -2.39. The van der Waals surface area contributed by atoms with Crippen LogP contribution in [-0.4, -0.2) is 71.3 Å². The Bertz CT molecular complexity index is 550. The summed E-state index contributed by atoms with van der Waals surface area (Å²) in [6.45, 7) is 8.23. The van der Waals surface area contributed by atoms with E-state index in [2.05, 4.69) is 22.0 Å². The third kappa shape index (κ3) is 3.76. The summed E-state index contributed by atoms with van der Waals surface area (Å²) >= 11 is 0. The molecule has 134 valence electrons. The van der Waals surface area contributed by atoms with Gasteiger partial charge in [0.2, 0.25) is 11.8 Å². The van der Waals surface area contributed by atoms with Crippen LogP contribution in [0.25, 0.3) is 0 Å². The fraction of sp³-hybridized carbons (Fsp3) is 0.812. The summed E-state index contributed by atoms with van der Waals surface area (Å²) in [6.07, 6.45) is 1.75. The van der Waals surface area contributed by atoms with E-state index >= 15 is 0 Å². The molecule has 8 nitrogen and oxygen atoms in total. The van der Waals surface area contributed by atoms with E-state index in [4.69, 9.17) is 15.0 Å². The van der Waals surface area contributed by atoms with Crippen LogP contribution in [0.2, 0.25) is 0 Å². The normalized spacial score (nSPS) is 23.2. The van der Waals surface area contributed by atoms with Crippen LogP contribution in [0.1, 0.15) is 37.5 Å². The number of hydrogen-bond donors (Lipinski definition) is 1. The van der Waals surface area contributed by atoms with E-state index in [0.717, 1.165) is 25.9 Å². The molecule has 0 bridgehead atoms. The van der Waals surface area contributed by atoms with Crippen molar-refractivity contribution in [1.82, 2.24) is 19.9 Å². The first-order valence-corrected chi connectivity index (χ1v) is 8.72. The first-order chi connectivity index (χ1) is 11.6. The van der Waals surface area contributed by atoms with E-state index in [1.54, 1.807) is 0 Å². The van der Waals surface area contributed by atoms with Crippen LogP contribution in [0.5, 0.6) is 0 Å². The second-order valence-corrected chi connectivity index (χ2v) is 6.69. The van der Waals surface area contributed by atoms with E-state index in [0.29, 0.717) is 38.0 Å². The molecule has 0 spiro atoms. The molecule has 2 fully saturated rings. The van der Waals surface area contributed by atoms with Crippen LogP contribution in [0, 0.1) is 12.8 Å². The second-order valence-electron chi connectivity index (χ2n) is 6.69. The summed E-state index contributed by atoms with van der Waals surface area (Å²) < 4.78 is 10.6. The smallest absolute Gasteiger partial charge is 0.243 e. The molecule has 0 aromatic carbocycles. The summed E-state index contributed by atoms with van der Waals surface area (Å²) in [5, 5.41) is 3.85. The number of aryl methyl sites for hydroxylation is 1. The zero-order chi connectivity index (χ0) is 17.1. The Labute approximate surface area is 142 Å². The number of hydrogen-bond acceptors (Lipinski definition) is 7. The number of carbonyl (C=O) groups is 1. The molecule has 2 saturated heterocycles. The molecular weight excluding hydrogens is 310 g/mol. The summed E-state index contributed by atoms with van der Waals surface area (Å²) in [5.41, 5.74) is 6.22. The van der Waals surface area contributed by atoms with Gasteiger partial charge in [-0.15, -0.1) is 0 Å².